The predicted octanol–water partition coefficient (Wildman–Crippen LogP) is 3.07. The topological polar surface area (TPSA) is 57.4 Å². The van der Waals surface area contributed by atoms with E-state index in [-0.39, 0.29) is 11.7 Å². The fourth-order valence-corrected chi connectivity index (χ4v) is 3.28. The summed E-state index contributed by atoms with van der Waals surface area (Å²) < 4.78 is 18.6. The molecule has 1 saturated heterocycles. The number of aromatic nitrogens is 1. The largest absolute Gasteiger partial charge is 0.379 e. The van der Waals surface area contributed by atoms with E-state index in [1.165, 1.54) is 17.7 Å². The fourth-order valence-electron chi connectivity index (χ4n) is 3.28. The van der Waals surface area contributed by atoms with Crippen LogP contribution in [0.15, 0.2) is 48.5 Å². The third-order valence-electron chi connectivity index (χ3n) is 4.81. The highest BCUT2D eigenvalue weighted by Gasteiger charge is 2.11. The van der Waals surface area contributed by atoms with Crippen molar-refractivity contribution in [2.24, 2.45) is 0 Å². The van der Waals surface area contributed by atoms with Gasteiger partial charge in [-0.25, -0.2) is 4.39 Å². The summed E-state index contributed by atoms with van der Waals surface area (Å²) in [5.41, 5.74) is 3.47. The maximum absolute atomic E-state index is 13.3. The minimum Gasteiger partial charge on any atom is -0.379 e. The van der Waals surface area contributed by atoms with E-state index in [1.54, 1.807) is 12.1 Å². The molecule has 1 aliphatic heterocycles. The molecular weight excluding hydrogens is 345 g/mol. The van der Waals surface area contributed by atoms with Crippen molar-refractivity contribution < 1.29 is 13.9 Å². The van der Waals surface area contributed by atoms with E-state index < -0.39 is 0 Å². The lowest BCUT2D eigenvalue weighted by molar-refractivity contribution is 0.0342. The Morgan fingerprint density at radius 2 is 1.81 bits per heavy atom. The van der Waals surface area contributed by atoms with Crippen molar-refractivity contribution in [3.63, 3.8) is 0 Å². The van der Waals surface area contributed by atoms with Gasteiger partial charge in [-0.05, 0) is 35.4 Å². The zero-order valence-corrected chi connectivity index (χ0v) is 15.0. The first kappa shape index (κ1) is 17.7. The Hall–Kier alpha value is -2.70. The second-order valence-corrected chi connectivity index (χ2v) is 6.80. The Balaban J connectivity index is 1.34. The number of fused-ring (bicyclic) bond motifs is 1. The lowest BCUT2D eigenvalue weighted by Crippen LogP contribution is -2.35. The SMILES string of the molecule is O=C(NCc1ccc(CN2CCOCC2)cc1)c1cc2cc(F)ccc2[nH]1. The van der Waals surface area contributed by atoms with E-state index in [2.05, 4.69) is 27.3 Å². The standard InChI is InChI=1S/C21H22FN3O2/c22-18-5-6-19-17(11-18)12-20(24-19)21(26)23-13-15-1-3-16(4-2-15)14-25-7-9-27-10-8-25/h1-6,11-12,24H,7-10,13-14H2,(H,23,26). The maximum Gasteiger partial charge on any atom is 0.267 e. The molecule has 3 aromatic rings. The van der Waals surface area contributed by atoms with Gasteiger partial charge in [0.25, 0.3) is 5.91 Å². The van der Waals surface area contributed by atoms with E-state index >= 15 is 0 Å². The summed E-state index contributed by atoms with van der Waals surface area (Å²) in [5.74, 6) is -0.519. The number of ether oxygens (including phenoxy) is 1. The molecule has 2 heterocycles. The first-order valence-corrected chi connectivity index (χ1v) is 9.12. The third-order valence-corrected chi connectivity index (χ3v) is 4.81. The number of amides is 1. The van der Waals surface area contributed by atoms with Crippen LogP contribution in [0.25, 0.3) is 10.9 Å². The molecule has 1 fully saturated rings. The van der Waals surface area contributed by atoms with Crippen molar-refractivity contribution in [2.75, 3.05) is 26.3 Å². The van der Waals surface area contributed by atoms with E-state index in [4.69, 9.17) is 4.74 Å². The van der Waals surface area contributed by atoms with Crippen LogP contribution in [0.3, 0.4) is 0 Å². The number of carbonyl (C=O) groups is 1. The number of rotatable bonds is 5. The van der Waals surface area contributed by atoms with Crippen molar-refractivity contribution in [1.29, 1.82) is 0 Å². The van der Waals surface area contributed by atoms with Crippen LogP contribution in [0, 0.1) is 5.82 Å². The molecule has 27 heavy (non-hydrogen) atoms. The van der Waals surface area contributed by atoms with Gasteiger partial charge in [-0.1, -0.05) is 24.3 Å². The van der Waals surface area contributed by atoms with E-state index in [0.717, 1.165) is 43.9 Å². The van der Waals surface area contributed by atoms with Gasteiger partial charge in [0.15, 0.2) is 0 Å². The molecule has 4 rings (SSSR count). The predicted molar refractivity (Wildman–Crippen MR) is 102 cm³/mol. The van der Waals surface area contributed by atoms with Crippen LogP contribution in [0.5, 0.6) is 0 Å². The number of hydrogen-bond donors (Lipinski definition) is 2. The normalized spacial score (nSPS) is 15.1. The summed E-state index contributed by atoms with van der Waals surface area (Å²) in [6.45, 7) is 4.88. The maximum atomic E-state index is 13.3. The van der Waals surface area contributed by atoms with Gasteiger partial charge < -0.3 is 15.0 Å². The highest BCUT2D eigenvalue weighted by Crippen LogP contribution is 2.17. The number of halogens is 1. The average molecular weight is 367 g/mol. The van der Waals surface area contributed by atoms with Gasteiger partial charge >= 0.3 is 0 Å². The molecule has 0 spiro atoms. The van der Waals surface area contributed by atoms with Gasteiger partial charge in [0, 0.05) is 37.1 Å². The summed E-state index contributed by atoms with van der Waals surface area (Å²) in [6.07, 6.45) is 0. The van der Waals surface area contributed by atoms with E-state index in [1.807, 2.05) is 12.1 Å². The average Bonchev–Trinajstić information content (AvgIpc) is 3.11. The van der Waals surface area contributed by atoms with E-state index in [0.29, 0.717) is 17.6 Å². The first-order chi connectivity index (χ1) is 13.2. The smallest absolute Gasteiger partial charge is 0.267 e. The van der Waals surface area contributed by atoms with Gasteiger partial charge in [-0.2, -0.15) is 0 Å². The number of hydrogen-bond acceptors (Lipinski definition) is 3. The van der Waals surface area contributed by atoms with Crippen LogP contribution >= 0.6 is 0 Å². The Labute approximate surface area is 157 Å². The number of nitrogens with one attached hydrogen (secondary N) is 2. The summed E-state index contributed by atoms with van der Waals surface area (Å²) in [7, 11) is 0. The Morgan fingerprint density at radius 1 is 1.07 bits per heavy atom. The van der Waals surface area contributed by atoms with Gasteiger partial charge in [-0.3, -0.25) is 9.69 Å². The lowest BCUT2D eigenvalue weighted by atomic mass is 10.1. The minimum absolute atomic E-state index is 0.205. The molecule has 1 aliphatic rings. The van der Waals surface area contributed by atoms with Gasteiger partial charge in [-0.15, -0.1) is 0 Å². The number of carbonyl (C=O) groups excluding carboxylic acids is 1. The fraction of sp³-hybridized carbons (Fsp3) is 0.286. The molecule has 2 N–H and O–H groups in total. The monoisotopic (exact) mass is 367 g/mol. The molecule has 0 bridgehead atoms. The van der Waals surface area contributed by atoms with Crippen LogP contribution < -0.4 is 5.32 Å². The summed E-state index contributed by atoms with van der Waals surface area (Å²) in [4.78, 5) is 17.7. The summed E-state index contributed by atoms with van der Waals surface area (Å²) in [5, 5.41) is 3.59. The molecule has 0 unspecified atom stereocenters. The van der Waals surface area contributed by atoms with Gasteiger partial charge in [0.2, 0.25) is 0 Å². The number of morpholine rings is 1. The van der Waals surface area contributed by atoms with Crippen molar-refractivity contribution in [3.05, 3.63) is 71.2 Å². The van der Waals surface area contributed by atoms with Crippen LogP contribution in [-0.4, -0.2) is 42.1 Å². The van der Waals surface area contributed by atoms with Crippen LogP contribution in [0.4, 0.5) is 4.39 Å². The Kier molecular flexibility index (Phi) is 5.18. The molecular formula is C21H22FN3O2. The van der Waals surface area contributed by atoms with Crippen molar-refractivity contribution >= 4 is 16.8 Å². The number of benzene rings is 2. The second-order valence-electron chi connectivity index (χ2n) is 6.80. The molecule has 1 aromatic heterocycles. The molecule has 1 amide bonds. The summed E-state index contributed by atoms with van der Waals surface area (Å²) in [6, 6.07) is 14.4. The number of aromatic amines is 1. The molecule has 140 valence electrons. The Morgan fingerprint density at radius 3 is 2.59 bits per heavy atom. The van der Waals surface area contributed by atoms with E-state index in [9.17, 15) is 9.18 Å². The molecule has 6 heteroatoms. The zero-order valence-electron chi connectivity index (χ0n) is 15.0. The molecule has 5 nitrogen and oxygen atoms in total. The molecule has 0 atom stereocenters. The lowest BCUT2D eigenvalue weighted by Gasteiger charge is -2.26. The minimum atomic E-state index is -0.314. The van der Waals surface area contributed by atoms with Crippen molar-refractivity contribution in [3.8, 4) is 0 Å². The second kappa shape index (κ2) is 7.90. The van der Waals surface area contributed by atoms with Crippen molar-refractivity contribution in [1.82, 2.24) is 15.2 Å². The highest BCUT2D eigenvalue weighted by molar-refractivity contribution is 5.97. The summed E-state index contributed by atoms with van der Waals surface area (Å²) >= 11 is 0. The molecule has 0 aliphatic carbocycles. The molecule has 0 saturated carbocycles. The third kappa shape index (κ3) is 4.35. The molecule has 2 aromatic carbocycles. The first-order valence-electron chi connectivity index (χ1n) is 9.12. The molecule has 0 radical (unpaired) electrons. The number of H-pyrrole nitrogens is 1. The van der Waals surface area contributed by atoms with Crippen LogP contribution in [0.2, 0.25) is 0 Å². The van der Waals surface area contributed by atoms with Gasteiger partial charge in [0.05, 0.1) is 13.2 Å². The quantitative estimate of drug-likeness (QED) is 0.729. The zero-order chi connectivity index (χ0) is 18.6. The van der Waals surface area contributed by atoms with Crippen LogP contribution in [-0.2, 0) is 17.8 Å². The van der Waals surface area contributed by atoms with Gasteiger partial charge in [0.1, 0.15) is 11.5 Å². The van der Waals surface area contributed by atoms with Crippen molar-refractivity contribution in [2.45, 2.75) is 13.1 Å². The Bertz CT molecular complexity index is 930. The highest BCUT2D eigenvalue weighted by atomic mass is 19.1. The number of nitrogens with zero attached hydrogens (tertiary/aromatic N) is 1. The van der Waals surface area contributed by atoms with Crippen LogP contribution in [0.1, 0.15) is 21.6 Å².